The fourth-order valence-electron chi connectivity index (χ4n) is 2.68. The first-order chi connectivity index (χ1) is 11.7. The molecule has 2 aromatic heterocycles. The number of carbonyl (C=O) groups excluding carboxylic acids is 1. The van der Waals surface area contributed by atoms with E-state index in [0.717, 1.165) is 27.8 Å². The van der Waals surface area contributed by atoms with Gasteiger partial charge >= 0.3 is 0 Å². The number of fused-ring (bicyclic) bond motifs is 1. The molecule has 0 bridgehead atoms. The summed E-state index contributed by atoms with van der Waals surface area (Å²) in [5, 5.41) is 8.25. The molecule has 0 atom stereocenters. The number of rotatable bonds is 2. The van der Waals surface area contributed by atoms with Crippen molar-refractivity contribution < 1.29 is 4.79 Å². The summed E-state index contributed by atoms with van der Waals surface area (Å²) in [6.45, 7) is 2.01. The highest BCUT2D eigenvalue weighted by atomic mass is 16.2. The number of hydrazone groups is 1. The number of H-pyrrole nitrogens is 1. The van der Waals surface area contributed by atoms with Gasteiger partial charge in [-0.3, -0.25) is 4.79 Å². The molecular formula is C18H15N5O. The van der Waals surface area contributed by atoms with Crippen molar-refractivity contribution in [1.82, 2.24) is 15.4 Å². The summed E-state index contributed by atoms with van der Waals surface area (Å²) in [4.78, 5) is 19.5. The Morgan fingerprint density at radius 1 is 1.21 bits per heavy atom. The highest BCUT2D eigenvalue weighted by Gasteiger charge is 2.23. The Balaban J connectivity index is 1.70. The van der Waals surface area contributed by atoms with Crippen molar-refractivity contribution >= 4 is 34.5 Å². The maximum Gasteiger partial charge on any atom is 0.275 e. The molecule has 118 valence electrons. The maximum absolute atomic E-state index is 12.1. The zero-order valence-corrected chi connectivity index (χ0v) is 13.0. The monoisotopic (exact) mass is 317 g/mol. The third-order valence-corrected chi connectivity index (χ3v) is 3.83. The van der Waals surface area contributed by atoms with Crippen molar-refractivity contribution in [3.05, 3.63) is 65.5 Å². The number of pyridine rings is 1. The number of anilines is 1. The van der Waals surface area contributed by atoms with Crippen LogP contribution in [0.4, 0.5) is 5.69 Å². The van der Waals surface area contributed by atoms with Crippen LogP contribution in [-0.2, 0) is 4.79 Å². The largest absolute Gasteiger partial charge is 0.346 e. The van der Waals surface area contributed by atoms with Crippen molar-refractivity contribution in [1.29, 1.82) is 0 Å². The average molecular weight is 317 g/mol. The molecule has 0 radical (unpaired) electrons. The average Bonchev–Trinajstić information content (AvgIpc) is 3.14. The third-order valence-electron chi connectivity index (χ3n) is 3.83. The lowest BCUT2D eigenvalue weighted by Crippen LogP contribution is -2.17. The van der Waals surface area contributed by atoms with E-state index in [1.807, 2.05) is 55.6 Å². The van der Waals surface area contributed by atoms with Gasteiger partial charge in [0.05, 0.1) is 5.57 Å². The van der Waals surface area contributed by atoms with E-state index in [9.17, 15) is 4.79 Å². The molecule has 0 fully saturated rings. The molecule has 0 aliphatic carbocycles. The number of nitrogens with zero attached hydrogens (tertiary/aromatic N) is 2. The lowest BCUT2D eigenvalue weighted by Gasteiger charge is -2.06. The number of nitrogens with one attached hydrogen (secondary N) is 3. The first kappa shape index (κ1) is 14.2. The Bertz CT molecular complexity index is 999. The molecule has 0 spiro atoms. The van der Waals surface area contributed by atoms with E-state index in [1.165, 1.54) is 0 Å². The van der Waals surface area contributed by atoms with Crippen LogP contribution in [0.1, 0.15) is 11.1 Å². The van der Waals surface area contributed by atoms with Gasteiger partial charge in [0.25, 0.3) is 5.91 Å². The smallest absolute Gasteiger partial charge is 0.275 e. The van der Waals surface area contributed by atoms with E-state index in [4.69, 9.17) is 0 Å². The Morgan fingerprint density at radius 2 is 2.12 bits per heavy atom. The fourth-order valence-corrected chi connectivity index (χ4v) is 2.68. The van der Waals surface area contributed by atoms with Crippen LogP contribution < -0.4 is 10.7 Å². The second-order valence-corrected chi connectivity index (χ2v) is 5.60. The van der Waals surface area contributed by atoms with Gasteiger partial charge in [0.15, 0.2) is 5.84 Å². The molecule has 1 amide bonds. The Labute approximate surface area is 138 Å². The van der Waals surface area contributed by atoms with Crippen LogP contribution in [0.15, 0.2) is 59.5 Å². The fraction of sp³-hybridized carbons (Fsp3) is 0.0556. The quantitative estimate of drug-likeness (QED) is 0.636. The van der Waals surface area contributed by atoms with Crippen LogP contribution in [0.5, 0.6) is 0 Å². The maximum atomic E-state index is 12.1. The van der Waals surface area contributed by atoms with Gasteiger partial charge in [0, 0.05) is 29.0 Å². The van der Waals surface area contributed by atoms with Crippen LogP contribution in [0, 0.1) is 6.92 Å². The van der Waals surface area contributed by atoms with Crippen LogP contribution in [-0.4, -0.2) is 21.7 Å². The minimum atomic E-state index is -0.233. The number of aryl methyl sites for hydroxylation is 1. The molecule has 1 aliphatic rings. The molecule has 24 heavy (non-hydrogen) atoms. The van der Waals surface area contributed by atoms with Crippen molar-refractivity contribution in [2.75, 3.05) is 5.32 Å². The lowest BCUT2D eigenvalue weighted by atomic mass is 10.1. The van der Waals surface area contributed by atoms with E-state index >= 15 is 0 Å². The van der Waals surface area contributed by atoms with Crippen LogP contribution in [0.3, 0.4) is 0 Å². The molecule has 0 saturated carbocycles. The van der Waals surface area contributed by atoms with Gasteiger partial charge in [-0.15, -0.1) is 0 Å². The molecule has 1 aromatic carbocycles. The first-order valence-electron chi connectivity index (χ1n) is 7.56. The molecular weight excluding hydrogens is 302 g/mol. The number of hydrogen-bond donors (Lipinski definition) is 3. The number of aromatic nitrogens is 2. The van der Waals surface area contributed by atoms with E-state index in [2.05, 4.69) is 25.8 Å². The summed E-state index contributed by atoms with van der Waals surface area (Å²) >= 11 is 0. The zero-order chi connectivity index (χ0) is 16.5. The topological polar surface area (TPSA) is 82.2 Å². The van der Waals surface area contributed by atoms with E-state index in [-0.39, 0.29) is 5.91 Å². The summed E-state index contributed by atoms with van der Waals surface area (Å²) in [5.41, 5.74) is 6.69. The Kier molecular flexibility index (Phi) is 3.35. The molecule has 6 nitrogen and oxygen atoms in total. The van der Waals surface area contributed by atoms with Crippen molar-refractivity contribution in [2.24, 2.45) is 5.10 Å². The number of amidine groups is 1. The van der Waals surface area contributed by atoms with Gasteiger partial charge in [-0.1, -0.05) is 12.1 Å². The Hall–Kier alpha value is -3.41. The highest BCUT2D eigenvalue weighted by molar-refractivity contribution is 6.30. The standard InChI is InChI=1S/C18H15N5O/c1-11-4-2-5-13(8-11)21-17-15(18(24)23-22-17)9-12-10-20-16-14(12)6-3-7-19-16/h2-10H,1H3,(H,19,20)(H,21,22)(H,23,24)/b15-9-. The highest BCUT2D eigenvalue weighted by Crippen LogP contribution is 2.21. The minimum absolute atomic E-state index is 0.233. The van der Waals surface area contributed by atoms with Gasteiger partial charge in [0.2, 0.25) is 0 Å². The number of carbonyl (C=O) groups is 1. The predicted octanol–water partition coefficient (Wildman–Crippen LogP) is 2.81. The van der Waals surface area contributed by atoms with Gasteiger partial charge in [-0.2, -0.15) is 5.10 Å². The number of aromatic amines is 1. The van der Waals surface area contributed by atoms with Gasteiger partial charge < -0.3 is 10.3 Å². The Morgan fingerprint density at radius 3 is 3.00 bits per heavy atom. The molecule has 3 aromatic rings. The van der Waals surface area contributed by atoms with E-state index < -0.39 is 0 Å². The molecule has 1 aliphatic heterocycles. The predicted molar refractivity (Wildman–Crippen MR) is 94.5 cm³/mol. The van der Waals surface area contributed by atoms with Crippen LogP contribution >= 0.6 is 0 Å². The SMILES string of the molecule is Cc1cccc(NC2=NNC(=O)/C2=C\c2c[nH]c3ncccc23)c1. The normalized spacial score (nSPS) is 15.6. The first-order valence-corrected chi connectivity index (χ1v) is 7.56. The summed E-state index contributed by atoms with van der Waals surface area (Å²) in [6.07, 6.45) is 5.37. The van der Waals surface area contributed by atoms with Crippen molar-refractivity contribution in [2.45, 2.75) is 6.92 Å². The number of benzene rings is 1. The molecule has 3 N–H and O–H groups in total. The van der Waals surface area contributed by atoms with Crippen molar-refractivity contribution in [3.8, 4) is 0 Å². The van der Waals surface area contributed by atoms with E-state index in [1.54, 1.807) is 6.20 Å². The van der Waals surface area contributed by atoms with Gasteiger partial charge in [0.1, 0.15) is 5.65 Å². The minimum Gasteiger partial charge on any atom is -0.346 e. The van der Waals surface area contributed by atoms with Crippen molar-refractivity contribution in [3.63, 3.8) is 0 Å². The summed E-state index contributed by atoms with van der Waals surface area (Å²) < 4.78 is 0. The number of amides is 1. The zero-order valence-electron chi connectivity index (χ0n) is 13.0. The van der Waals surface area contributed by atoms with Crippen LogP contribution in [0.2, 0.25) is 0 Å². The van der Waals surface area contributed by atoms with Gasteiger partial charge in [-0.05, 0) is 42.8 Å². The molecule has 3 heterocycles. The van der Waals surface area contributed by atoms with E-state index in [0.29, 0.717) is 11.4 Å². The summed E-state index contributed by atoms with van der Waals surface area (Å²) in [5.74, 6) is 0.271. The molecule has 6 heteroatoms. The molecule has 0 saturated heterocycles. The summed E-state index contributed by atoms with van der Waals surface area (Å²) in [7, 11) is 0. The third kappa shape index (κ3) is 2.54. The summed E-state index contributed by atoms with van der Waals surface area (Å²) in [6, 6.07) is 11.7. The molecule has 4 rings (SSSR count). The van der Waals surface area contributed by atoms with Crippen LogP contribution in [0.25, 0.3) is 17.1 Å². The lowest BCUT2D eigenvalue weighted by molar-refractivity contribution is -0.116. The van der Waals surface area contributed by atoms with Gasteiger partial charge in [-0.25, -0.2) is 10.4 Å². The molecule has 0 unspecified atom stereocenters. The second-order valence-electron chi connectivity index (χ2n) is 5.60. The second kappa shape index (κ2) is 5.66. The number of hydrogen-bond acceptors (Lipinski definition) is 4.